The van der Waals surface area contributed by atoms with Crippen molar-refractivity contribution >= 4 is 51.0 Å². The van der Waals surface area contributed by atoms with E-state index in [2.05, 4.69) is 21.2 Å². The summed E-state index contributed by atoms with van der Waals surface area (Å²) in [4.78, 5) is 53.7. The zero-order valence-electron chi connectivity index (χ0n) is 20.9. The van der Waals surface area contributed by atoms with E-state index < -0.39 is 28.0 Å². The van der Waals surface area contributed by atoms with E-state index in [9.17, 15) is 24.3 Å². The summed E-state index contributed by atoms with van der Waals surface area (Å²) in [5, 5.41) is 12.0. The average Bonchev–Trinajstić information content (AvgIpc) is 3.24. The molecule has 0 aromatic heterocycles. The molecule has 7 nitrogen and oxygen atoms in total. The first-order chi connectivity index (χ1) is 19.3. The molecule has 8 heteroatoms. The highest BCUT2D eigenvalue weighted by molar-refractivity contribution is 9.09. The van der Waals surface area contributed by atoms with Crippen LogP contribution in [-0.2, 0) is 13.9 Å². The molecule has 3 amide bonds. The van der Waals surface area contributed by atoms with Gasteiger partial charge in [-0.1, -0.05) is 76.6 Å². The summed E-state index contributed by atoms with van der Waals surface area (Å²) in [7, 11) is 0. The highest BCUT2D eigenvalue weighted by Crippen LogP contribution is 2.66. The van der Waals surface area contributed by atoms with Gasteiger partial charge in [-0.15, -0.1) is 0 Å². The second-order valence-electron chi connectivity index (χ2n) is 10.2. The van der Waals surface area contributed by atoms with Crippen molar-refractivity contribution in [2.24, 2.45) is 11.8 Å². The van der Waals surface area contributed by atoms with Crippen LogP contribution in [0.15, 0.2) is 97.1 Å². The van der Waals surface area contributed by atoms with Crippen molar-refractivity contribution in [3.05, 3.63) is 130 Å². The van der Waals surface area contributed by atoms with Crippen molar-refractivity contribution in [2.45, 2.75) is 10.2 Å². The fourth-order valence-electron chi connectivity index (χ4n) is 6.67. The lowest BCUT2D eigenvalue weighted by Crippen LogP contribution is -2.50. The van der Waals surface area contributed by atoms with Crippen LogP contribution in [0.5, 0.6) is 0 Å². The Morgan fingerprint density at radius 1 is 0.775 bits per heavy atom. The molecule has 3 aliphatic carbocycles. The molecule has 196 valence electrons. The molecular weight excluding hydrogens is 572 g/mol. The maximum absolute atomic E-state index is 14.1. The van der Waals surface area contributed by atoms with Gasteiger partial charge in [-0.2, -0.15) is 0 Å². The highest BCUT2D eigenvalue weighted by atomic mass is 79.9. The third kappa shape index (κ3) is 3.23. The predicted molar refractivity (Wildman–Crippen MR) is 152 cm³/mol. The molecule has 4 aromatic rings. The second-order valence-corrected chi connectivity index (χ2v) is 11.5. The van der Waals surface area contributed by atoms with Crippen molar-refractivity contribution in [3.8, 4) is 0 Å². The number of carboxylic acids is 1. The van der Waals surface area contributed by atoms with Crippen LogP contribution in [0.1, 0.15) is 48.9 Å². The molecule has 2 atom stereocenters. The summed E-state index contributed by atoms with van der Waals surface area (Å²) in [6.07, 6.45) is 0. The maximum atomic E-state index is 14.1. The molecule has 0 radical (unpaired) electrons. The van der Waals surface area contributed by atoms with Gasteiger partial charge in [-0.25, -0.2) is 9.69 Å². The van der Waals surface area contributed by atoms with Gasteiger partial charge in [0.05, 0.1) is 33.1 Å². The zero-order chi connectivity index (χ0) is 27.8. The molecule has 1 fully saturated rings. The molecule has 0 unspecified atom stereocenters. The first-order valence-corrected chi connectivity index (χ1v) is 13.6. The summed E-state index contributed by atoms with van der Waals surface area (Å²) in [5.74, 6) is -3.62. The predicted octanol–water partition coefficient (Wildman–Crippen LogP) is 5.54. The number of anilines is 2. The first-order valence-electron chi connectivity index (χ1n) is 12.8. The maximum Gasteiger partial charge on any atom is 0.337 e. The Hall–Kier alpha value is -4.56. The minimum absolute atomic E-state index is 0.0244. The molecule has 0 saturated carbocycles. The molecule has 1 saturated heterocycles. The monoisotopic (exact) mass is 592 g/mol. The van der Waals surface area contributed by atoms with E-state index in [4.69, 9.17) is 0 Å². The fourth-order valence-corrected chi connectivity index (χ4v) is 7.87. The van der Waals surface area contributed by atoms with Crippen molar-refractivity contribution in [2.75, 3.05) is 10.2 Å². The number of para-hydroxylation sites is 1. The van der Waals surface area contributed by atoms with Crippen LogP contribution in [0, 0.1) is 11.8 Å². The van der Waals surface area contributed by atoms with E-state index in [1.54, 1.807) is 24.3 Å². The number of nitrogens with one attached hydrogen (secondary N) is 1. The van der Waals surface area contributed by atoms with E-state index in [1.807, 2.05) is 48.5 Å². The third-order valence-electron chi connectivity index (χ3n) is 8.31. The Kier molecular flexibility index (Phi) is 5.34. The van der Waals surface area contributed by atoms with E-state index in [0.29, 0.717) is 5.69 Å². The number of imide groups is 1. The Morgan fingerprint density at radius 2 is 1.35 bits per heavy atom. The zero-order valence-corrected chi connectivity index (χ0v) is 22.5. The van der Waals surface area contributed by atoms with Gasteiger partial charge in [0, 0.05) is 11.5 Å². The lowest BCUT2D eigenvalue weighted by molar-refractivity contribution is -0.122. The Labute approximate surface area is 237 Å². The molecule has 4 aliphatic rings. The van der Waals surface area contributed by atoms with E-state index in [1.165, 1.54) is 29.2 Å². The van der Waals surface area contributed by atoms with Crippen molar-refractivity contribution in [3.63, 3.8) is 0 Å². The van der Waals surface area contributed by atoms with Crippen LogP contribution in [0.2, 0.25) is 0 Å². The number of alkyl halides is 1. The van der Waals surface area contributed by atoms with Crippen LogP contribution in [-0.4, -0.2) is 28.8 Å². The standard InChI is InChI=1S/C32H21BrN2O5/c33-32-22-10-4-1-7-19(22)25(20-8-2-5-11-23(20)32)26-27(32)30(38)35(29(26)37)18-15-13-17(14-16-18)28(36)34-24-12-6-3-9-21(24)31(39)40/h1-16,25-27H,(H,34,36)(H,39,40)/t25?,26-,27-,32?/m1/s1. The smallest absolute Gasteiger partial charge is 0.337 e. The summed E-state index contributed by atoms with van der Waals surface area (Å²) < 4.78 is -0.835. The second kappa shape index (κ2) is 8.72. The number of hydrogen-bond donors (Lipinski definition) is 2. The lowest BCUT2D eigenvalue weighted by Gasteiger charge is -2.51. The molecule has 1 heterocycles. The molecule has 40 heavy (non-hydrogen) atoms. The summed E-state index contributed by atoms with van der Waals surface area (Å²) >= 11 is 3.99. The van der Waals surface area contributed by atoms with Crippen molar-refractivity contribution < 1.29 is 24.3 Å². The van der Waals surface area contributed by atoms with Gasteiger partial charge in [-0.3, -0.25) is 14.4 Å². The van der Waals surface area contributed by atoms with Crippen LogP contribution in [0.3, 0.4) is 0 Å². The van der Waals surface area contributed by atoms with Crippen LogP contribution in [0.4, 0.5) is 11.4 Å². The Bertz CT molecular complexity index is 1720. The van der Waals surface area contributed by atoms with E-state index in [-0.39, 0.29) is 34.5 Å². The number of amides is 3. The fraction of sp³-hybridized carbons (Fsp3) is 0.125. The molecule has 8 rings (SSSR count). The Morgan fingerprint density at radius 3 is 1.98 bits per heavy atom. The van der Waals surface area contributed by atoms with Gasteiger partial charge in [0.25, 0.3) is 5.91 Å². The van der Waals surface area contributed by atoms with Crippen LogP contribution >= 0.6 is 15.9 Å². The quantitative estimate of drug-likeness (QED) is 0.239. The number of carbonyl (C=O) groups is 4. The molecule has 1 aliphatic heterocycles. The van der Waals surface area contributed by atoms with Gasteiger partial charge < -0.3 is 10.4 Å². The number of carbonyl (C=O) groups excluding carboxylic acids is 3. The lowest BCUT2D eigenvalue weighted by atomic mass is 9.55. The Balaban J connectivity index is 1.23. The molecule has 2 bridgehead atoms. The van der Waals surface area contributed by atoms with E-state index in [0.717, 1.165) is 22.3 Å². The minimum atomic E-state index is -1.15. The van der Waals surface area contributed by atoms with Crippen molar-refractivity contribution in [1.29, 1.82) is 0 Å². The van der Waals surface area contributed by atoms with Crippen molar-refractivity contribution in [1.82, 2.24) is 0 Å². The normalized spacial score (nSPS) is 23.8. The number of halogens is 1. The van der Waals surface area contributed by atoms with E-state index >= 15 is 0 Å². The molecule has 0 spiro atoms. The van der Waals surface area contributed by atoms with Crippen LogP contribution in [0.25, 0.3) is 0 Å². The minimum Gasteiger partial charge on any atom is -0.478 e. The summed E-state index contributed by atoms with van der Waals surface area (Å²) in [5.41, 5.74) is 4.92. The number of hydrogen-bond acceptors (Lipinski definition) is 4. The number of benzene rings is 4. The summed E-state index contributed by atoms with van der Waals surface area (Å²) in [6.45, 7) is 0. The molecular formula is C32H21BrN2O5. The molecule has 2 N–H and O–H groups in total. The number of nitrogens with zero attached hydrogens (tertiary/aromatic N) is 1. The van der Waals surface area contributed by atoms with Gasteiger partial charge in [0.1, 0.15) is 0 Å². The average molecular weight is 593 g/mol. The SMILES string of the molecule is O=C(Nc1ccccc1C(=O)O)c1ccc(N2C(=O)[C@@H]3C4c5ccccc5C(Br)(c5ccccc54)[C@H]3C2=O)cc1. The largest absolute Gasteiger partial charge is 0.478 e. The number of rotatable bonds is 4. The number of carboxylic acid groups (broad SMARTS) is 1. The topological polar surface area (TPSA) is 104 Å². The first kappa shape index (κ1) is 24.5. The van der Waals surface area contributed by atoms with Gasteiger partial charge in [-0.05, 0) is 58.7 Å². The van der Waals surface area contributed by atoms with Gasteiger partial charge in [0.15, 0.2) is 0 Å². The van der Waals surface area contributed by atoms with Crippen LogP contribution < -0.4 is 10.2 Å². The molecule has 4 aromatic carbocycles. The summed E-state index contributed by atoms with van der Waals surface area (Å²) in [6, 6.07) is 28.3. The van der Waals surface area contributed by atoms with Gasteiger partial charge in [0.2, 0.25) is 11.8 Å². The van der Waals surface area contributed by atoms with Gasteiger partial charge >= 0.3 is 5.97 Å². The highest BCUT2D eigenvalue weighted by Gasteiger charge is 2.67. The third-order valence-corrected chi connectivity index (χ3v) is 9.66. The number of aromatic carboxylic acids is 1.